The largest absolute Gasteiger partial charge is 0.511 e. The highest BCUT2D eigenvalue weighted by atomic mass is 35.5. The van der Waals surface area contributed by atoms with E-state index in [-0.39, 0.29) is 46.0 Å². The number of aliphatic hydroxyl groups is 1. The van der Waals surface area contributed by atoms with Crippen molar-refractivity contribution < 1.29 is 22.7 Å². The molecular formula is C29H26ClFO4S. The number of Topliss-reactive ketones (excluding diaryl/α,β-unsaturated/α-hetero) is 1. The zero-order chi connectivity index (χ0) is 25.4. The molecule has 3 aromatic rings. The van der Waals surface area contributed by atoms with Crippen molar-refractivity contribution in [1.29, 1.82) is 0 Å². The van der Waals surface area contributed by atoms with Crippen LogP contribution in [0.5, 0.6) is 0 Å². The molecule has 4 nitrogen and oxygen atoms in total. The molecule has 0 aliphatic heterocycles. The van der Waals surface area contributed by atoms with Gasteiger partial charge in [-0.1, -0.05) is 41.9 Å². The van der Waals surface area contributed by atoms with E-state index in [1.165, 1.54) is 29.8 Å². The molecule has 3 aromatic carbocycles. The summed E-state index contributed by atoms with van der Waals surface area (Å²) in [6.45, 7) is 0. The number of ketones is 1. The summed E-state index contributed by atoms with van der Waals surface area (Å²) in [6.07, 6.45) is 2.91. The first-order valence-corrected chi connectivity index (χ1v) is 14.0. The third-order valence-corrected chi connectivity index (χ3v) is 9.41. The van der Waals surface area contributed by atoms with E-state index in [4.69, 9.17) is 11.6 Å². The Morgan fingerprint density at radius 1 is 0.972 bits per heavy atom. The highest BCUT2D eigenvalue weighted by Crippen LogP contribution is 2.38. The van der Waals surface area contributed by atoms with Gasteiger partial charge in [0.15, 0.2) is 15.6 Å². The van der Waals surface area contributed by atoms with E-state index < -0.39 is 15.7 Å². The number of halogens is 2. The summed E-state index contributed by atoms with van der Waals surface area (Å²) in [7, 11) is -3.42. The van der Waals surface area contributed by atoms with Crippen LogP contribution < -0.4 is 0 Å². The van der Waals surface area contributed by atoms with E-state index in [0.717, 1.165) is 24.0 Å². The van der Waals surface area contributed by atoms with Crippen LogP contribution in [-0.4, -0.2) is 25.1 Å². The van der Waals surface area contributed by atoms with Crippen molar-refractivity contribution in [3.05, 3.63) is 106 Å². The molecule has 0 radical (unpaired) electrons. The molecule has 0 spiro atoms. The molecule has 0 fully saturated rings. The van der Waals surface area contributed by atoms with Gasteiger partial charge in [-0.05, 0) is 90.3 Å². The lowest BCUT2D eigenvalue weighted by Crippen LogP contribution is -2.24. The summed E-state index contributed by atoms with van der Waals surface area (Å²) < 4.78 is 39.2. The van der Waals surface area contributed by atoms with Gasteiger partial charge in [0.2, 0.25) is 0 Å². The minimum atomic E-state index is -3.42. The number of allylic oxidation sites excluding steroid dienone is 2. The minimum Gasteiger partial charge on any atom is -0.511 e. The molecule has 1 N–H and O–H groups in total. The summed E-state index contributed by atoms with van der Waals surface area (Å²) in [5.74, 6) is -0.698. The molecule has 2 aliphatic rings. The SMILES string of the molecule is O=C1CC(Cc2cccc3c2CCC(CS(=O)(=O)c2ccc(Cl)cc2)C3)C(O)=C1c1ccc(F)cc1. The number of rotatable bonds is 6. The third kappa shape index (κ3) is 4.97. The van der Waals surface area contributed by atoms with Crippen LogP contribution in [0, 0.1) is 17.7 Å². The van der Waals surface area contributed by atoms with Crippen molar-refractivity contribution in [2.45, 2.75) is 37.0 Å². The lowest BCUT2D eigenvalue weighted by Gasteiger charge is -2.27. The number of carbonyl (C=O) groups excluding carboxylic acids is 1. The average molecular weight is 525 g/mol. The van der Waals surface area contributed by atoms with Crippen molar-refractivity contribution in [3.63, 3.8) is 0 Å². The Hall–Kier alpha value is -2.96. The summed E-state index contributed by atoms with van der Waals surface area (Å²) in [4.78, 5) is 13.0. The number of hydrogen-bond acceptors (Lipinski definition) is 4. The molecule has 36 heavy (non-hydrogen) atoms. The van der Waals surface area contributed by atoms with Gasteiger partial charge >= 0.3 is 0 Å². The Morgan fingerprint density at radius 3 is 2.42 bits per heavy atom. The normalized spacial score (nSPS) is 20.0. The van der Waals surface area contributed by atoms with Crippen molar-refractivity contribution >= 4 is 32.8 Å². The molecule has 2 aliphatic carbocycles. The summed E-state index contributed by atoms with van der Waals surface area (Å²) in [5, 5.41) is 11.4. The van der Waals surface area contributed by atoms with Gasteiger partial charge in [0.05, 0.1) is 16.2 Å². The first-order chi connectivity index (χ1) is 17.2. The summed E-state index contributed by atoms with van der Waals surface area (Å²) in [5.41, 5.74) is 4.20. The highest BCUT2D eigenvalue weighted by Gasteiger charge is 2.34. The lowest BCUT2D eigenvalue weighted by molar-refractivity contribution is -0.113. The Labute approximate surface area is 215 Å². The Kier molecular flexibility index (Phi) is 6.75. The molecule has 0 saturated carbocycles. The van der Waals surface area contributed by atoms with Crippen molar-refractivity contribution in [3.8, 4) is 0 Å². The minimum absolute atomic E-state index is 0.0138. The second kappa shape index (κ2) is 9.83. The van der Waals surface area contributed by atoms with Crippen LogP contribution in [0.2, 0.25) is 5.02 Å². The second-order valence-electron chi connectivity index (χ2n) is 9.69. The number of aliphatic hydroxyl groups excluding tert-OH is 1. The first-order valence-electron chi connectivity index (χ1n) is 12.0. The molecule has 7 heteroatoms. The van der Waals surface area contributed by atoms with Crippen molar-refractivity contribution in [2.24, 2.45) is 11.8 Å². The van der Waals surface area contributed by atoms with Crippen LogP contribution in [0.3, 0.4) is 0 Å². The monoisotopic (exact) mass is 524 g/mol. The van der Waals surface area contributed by atoms with E-state index in [2.05, 4.69) is 0 Å². The zero-order valence-corrected chi connectivity index (χ0v) is 21.2. The lowest BCUT2D eigenvalue weighted by atomic mass is 9.80. The van der Waals surface area contributed by atoms with Crippen LogP contribution in [0.25, 0.3) is 5.57 Å². The fraction of sp³-hybridized carbons (Fsp3) is 0.276. The van der Waals surface area contributed by atoms with E-state index in [0.29, 0.717) is 23.4 Å². The molecule has 5 rings (SSSR count). The molecule has 0 heterocycles. The number of benzene rings is 3. The predicted octanol–water partition coefficient (Wildman–Crippen LogP) is 6.16. The molecule has 0 bridgehead atoms. The maximum atomic E-state index is 13.3. The molecule has 0 aromatic heterocycles. The van der Waals surface area contributed by atoms with Gasteiger partial charge in [-0.15, -0.1) is 0 Å². The maximum Gasteiger partial charge on any atom is 0.178 e. The standard InChI is InChI=1S/C29H26ClFO4S/c30-23-7-11-25(12-8-23)36(34,35)17-18-4-13-26-20(14-18)2-1-3-21(26)15-22-16-27(32)28(29(22)33)19-5-9-24(31)10-6-19/h1-3,5-12,18,22,33H,4,13-17H2. The topological polar surface area (TPSA) is 71.4 Å². The molecule has 2 unspecified atom stereocenters. The van der Waals surface area contributed by atoms with E-state index in [1.54, 1.807) is 24.3 Å². The van der Waals surface area contributed by atoms with Crippen molar-refractivity contribution in [1.82, 2.24) is 0 Å². The van der Waals surface area contributed by atoms with Gasteiger partial charge in [0.25, 0.3) is 0 Å². The van der Waals surface area contributed by atoms with Crippen LogP contribution in [0.1, 0.15) is 35.1 Å². The molecule has 0 saturated heterocycles. The van der Waals surface area contributed by atoms with E-state index in [1.807, 2.05) is 18.2 Å². The van der Waals surface area contributed by atoms with Crippen molar-refractivity contribution in [2.75, 3.05) is 5.75 Å². The van der Waals surface area contributed by atoms with Gasteiger partial charge in [0, 0.05) is 17.4 Å². The third-order valence-electron chi connectivity index (χ3n) is 7.26. The van der Waals surface area contributed by atoms with E-state index in [9.17, 15) is 22.7 Å². The van der Waals surface area contributed by atoms with Gasteiger partial charge in [-0.3, -0.25) is 4.79 Å². The number of hydrogen-bond donors (Lipinski definition) is 1. The smallest absolute Gasteiger partial charge is 0.178 e. The molecule has 0 amide bonds. The maximum absolute atomic E-state index is 13.3. The highest BCUT2D eigenvalue weighted by molar-refractivity contribution is 7.91. The first kappa shape index (κ1) is 24.7. The molecule has 186 valence electrons. The molecular weight excluding hydrogens is 499 g/mol. The summed E-state index contributed by atoms with van der Waals surface area (Å²) in [6, 6.07) is 17.9. The average Bonchev–Trinajstić information content (AvgIpc) is 3.12. The van der Waals surface area contributed by atoms with Crippen LogP contribution in [0.15, 0.2) is 77.4 Å². The Bertz CT molecular complexity index is 1440. The van der Waals surface area contributed by atoms with Gasteiger partial charge in [-0.2, -0.15) is 0 Å². The quantitative estimate of drug-likeness (QED) is 0.419. The Morgan fingerprint density at radius 2 is 1.69 bits per heavy atom. The number of sulfone groups is 1. The van der Waals surface area contributed by atoms with Gasteiger partial charge in [-0.25, -0.2) is 12.8 Å². The van der Waals surface area contributed by atoms with Crippen LogP contribution in [-0.2, 0) is 33.9 Å². The number of carbonyl (C=O) groups is 1. The zero-order valence-electron chi connectivity index (χ0n) is 19.6. The van der Waals surface area contributed by atoms with Gasteiger partial charge in [0.1, 0.15) is 11.6 Å². The Balaban J connectivity index is 1.33. The van der Waals surface area contributed by atoms with Crippen LogP contribution in [0.4, 0.5) is 4.39 Å². The van der Waals surface area contributed by atoms with Crippen LogP contribution >= 0.6 is 11.6 Å². The van der Waals surface area contributed by atoms with Gasteiger partial charge < -0.3 is 5.11 Å². The molecule has 2 atom stereocenters. The predicted molar refractivity (Wildman–Crippen MR) is 138 cm³/mol. The fourth-order valence-electron chi connectivity index (χ4n) is 5.47. The van der Waals surface area contributed by atoms with E-state index >= 15 is 0 Å². The fourth-order valence-corrected chi connectivity index (χ4v) is 7.25. The number of fused-ring (bicyclic) bond motifs is 1. The summed E-state index contributed by atoms with van der Waals surface area (Å²) >= 11 is 5.90. The second-order valence-corrected chi connectivity index (χ2v) is 12.2.